The Labute approximate surface area is 143 Å². The third kappa shape index (κ3) is 4.63. The molecule has 1 N–H and O–H groups in total. The summed E-state index contributed by atoms with van der Waals surface area (Å²) in [5, 5.41) is 3.54. The summed E-state index contributed by atoms with van der Waals surface area (Å²) in [6, 6.07) is 11.3. The van der Waals surface area contributed by atoms with Gasteiger partial charge in [-0.05, 0) is 36.8 Å². The molecule has 0 radical (unpaired) electrons. The zero-order chi connectivity index (χ0) is 16.1. The Balaban J connectivity index is 1.90. The zero-order valence-electron chi connectivity index (χ0n) is 11.8. The molecule has 0 spiro atoms. The predicted molar refractivity (Wildman–Crippen MR) is 92.4 cm³/mol. The van der Waals surface area contributed by atoms with Gasteiger partial charge in [0.25, 0.3) is 0 Å². The van der Waals surface area contributed by atoms with E-state index in [1.165, 1.54) is 23.9 Å². The number of carbonyl (C=O) groups is 1. The molecule has 2 nitrogen and oxygen atoms in total. The minimum Gasteiger partial charge on any atom is -0.324 e. The molecule has 2 rings (SSSR count). The van der Waals surface area contributed by atoms with Crippen LogP contribution in [0.1, 0.15) is 17.7 Å². The normalized spacial score (nSPS) is 12.0. The molecular formula is C16H14Cl2FNOS. The lowest BCUT2D eigenvalue weighted by molar-refractivity contribution is -0.113. The van der Waals surface area contributed by atoms with Gasteiger partial charge < -0.3 is 5.32 Å². The largest absolute Gasteiger partial charge is 0.324 e. The molecule has 2 aromatic carbocycles. The molecule has 0 bridgehead atoms. The third-order valence-corrected chi connectivity index (χ3v) is 5.05. The number of anilines is 1. The fourth-order valence-corrected chi connectivity index (χ4v) is 2.99. The van der Waals surface area contributed by atoms with E-state index in [-0.39, 0.29) is 22.7 Å². The number of benzene rings is 2. The van der Waals surface area contributed by atoms with E-state index < -0.39 is 0 Å². The van der Waals surface area contributed by atoms with Crippen molar-refractivity contribution in [2.75, 3.05) is 11.1 Å². The summed E-state index contributed by atoms with van der Waals surface area (Å²) in [5.74, 6) is -0.168. The summed E-state index contributed by atoms with van der Waals surface area (Å²) in [7, 11) is 0. The minimum atomic E-state index is -0.269. The van der Waals surface area contributed by atoms with Crippen molar-refractivity contribution in [2.24, 2.45) is 0 Å². The maximum Gasteiger partial charge on any atom is 0.234 e. The van der Waals surface area contributed by atoms with E-state index in [0.29, 0.717) is 15.7 Å². The van der Waals surface area contributed by atoms with Gasteiger partial charge in [0.2, 0.25) is 5.91 Å². The highest BCUT2D eigenvalue weighted by Crippen LogP contribution is 2.31. The van der Waals surface area contributed by atoms with Crippen molar-refractivity contribution in [3.8, 4) is 0 Å². The van der Waals surface area contributed by atoms with Gasteiger partial charge in [-0.1, -0.05) is 41.4 Å². The third-order valence-electron chi connectivity index (χ3n) is 3.03. The second-order valence-electron chi connectivity index (χ2n) is 4.65. The van der Waals surface area contributed by atoms with Crippen molar-refractivity contribution < 1.29 is 9.18 Å². The molecule has 1 amide bonds. The lowest BCUT2D eigenvalue weighted by atomic mass is 10.2. The van der Waals surface area contributed by atoms with Gasteiger partial charge in [0.1, 0.15) is 5.82 Å². The first-order valence-electron chi connectivity index (χ1n) is 6.58. The molecule has 116 valence electrons. The van der Waals surface area contributed by atoms with Crippen LogP contribution in [-0.4, -0.2) is 11.7 Å². The van der Waals surface area contributed by atoms with Crippen LogP contribution in [0.15, 0.2) is 42.5 Å². The minimum absolute atomic E-state index is 0.0844. The van der Waals surface area contributed by atoms with Gasteiger partial charge in [-0.2, -0.15) is 0 Å². The predicted octanol–water partition coefficient (Wildman–Crippen LogP) is 5.57. The number of amides is 1. The van der Waals surface area contributed by atoms with Crippen LogP contribution in [0.25, 0.3) is 0 Å². The van der Waals surface area contributed by atoms with Crippen LogP contribution in [0.5, 0.6) is 0 Å². The van der Waals surface area contributed by atoms with Gasteiger partial charge in [-0.15, -0.1) is 11.8 Å². The zero-order valence-corrected chi connectivity index (χ0v) is 14.1. The maximum absolute atomic E-state index is 12.9. The molecule has 1 unspecified atom stereocenters. The summed E-state index contributed by atoms with van der Waals surface area (Å²) < 4.78 is 12.9. The fraction of sp³-hybridized carbons (Fsp3) is 0.188. The standard InChI is InChI=1S/C16H14Cl2FNOS/c1-10(11-5-7-12(19)8-6-11)22-9-15(21)20-14-4-2-3-13(17)16(14)18/h2-8,10H,9H2,1H3,(H,20,21). The summed E-state index contributed by atoms with van der Waals surface area (Å²) >= 11 is 13.4. The number of rotatable bonds is 5. The molecule has 0 aliphatic heterocycles. The number of halogens is 3. The van der Waals surface area contributed by atoms with E-state index in [1.54, 1.807) is 30.3 Å². The second kappa shape index (κ2) is 7.86. The first-order chi connectivity index (χ1) is 10.5. The Hall–Kier alpha value is -1.23. The van der Waals surface area contributed by atoms with Crippen LogP contribution in [0.4, 0.5) is 10.1 Å². The number of thioether (sulfide) groups is 1. The van der Waals surface area contributed by atoms with Crippen LogP contribution in [0, 0.1) is 5.82 Å². The summed E-state index contributed by atoms with van der Waals surface area (Å²) in [4.78, 5) is 12.0. The highest BCUT2D eigenvalue weighted by atomic mass is 35.5. The van der Waals surface area contributed by atoms with Gasteiger partial charge in [-0.25, -0.2) is 4.39 Å². The van der Waals surface area contributed by atoms with Crippen molar-refractivity contribution in [1.29, 1.82) is 0 Å². The van der Waals surface area contributed by atoms with Crippen molar-refractivity contribution in [3.05, 3.63) is 63.9 Å². The van der Waals surface area contributed by atoms with Crippen molar-refractivity contribution in [1.82, 2.24) is 0 Å². The van der Waals surface area contributed by atoms with E-state index in [4.69, 9.17) is 23.2 Å². The number of nitrogens with one attached hydrogen (secondary N) is 1. The van der Waals surface area contributed by atoms with Gasteiger partial charge in [0.05, 0.1) is 21.5 Å². The molecule has 0 saturated carbocycles. The van der Waals surface area contributed by atoms with E-state index in [2.05, 4.69) is 5.32 Å². The van der Waals surface area contributed by atoms with Gasteiger partial charge in [-0.3, -0.25) is 4.79 Å². The molecular weight excluding hydrogens is 344 g/mol. The highest BCUT2D eigenvalue weighted by molar-refractivity contribution is 8.00. The lowest BCUT2D eigenvalue weighted by Crippen LogP contribution is -2.15. The molecule has 1 atom stereocenters. The van der Waals surface area contributed by atoms with Crippen LogP contribution in [0.3, 0.4) is 0 Å². The quantitative estimate of drug-likeness (QED) is 0.758. The van der Waals surface area contributed by atoms with Crippen LogP contribution >= 0.6 is 35.0 Å². The van der Waals surface area contributed by atoms with E-state index in [1.807, 2.05) is 6.92 Å². The van der Waals surface area contributed by atoms with Crippen LogP contribution in [-0.2, 0) is 4.79 Å². The number of carbonyl (C=O) groups excluding carboxylic acids is 1. The first-order valence-corrected chi connectivity index (χ1v) is 8.39. The maximum atomic E-state index is 12.9. The van der Waals surface area contributed by atoms with E-state index in [0.717, 1.165) is 5.56 Å². The smallest absolute Gasteiger partial charge is 0.234 e. The lowest BCUT2D eigenvalue weighted by Gasteiger charge is -2.12. The molecule has 6 heteroatoms. The average molecular weight is 358 g/mol. The Kier molecular flexibility index (Phi) is 6.12. The van der Waals surface area contributed by atoms with Crippen LogP contribution in [0.2, 0.25) is 10.0 Å². The summed E-state index contributed by atoms with van der Waals surface area (Å²) in [6.07, 6.45) is 0. The molecule has 22 heavy (non-hydrogen) atoms. The Morgan fingerprint density at radius 1 is 1.23 bits per heavy atom. The second-order valence-corrected chi connectivity index (χ2v) is 6.77. The molecule has 0 aromatic heterocycles. The fourth-order valence-electron chi connectivity index (χ4n) is 1.82. The monoisotopic (exact) mass is 357 g/mol. The molecule has 0 saturated heterocycles. The van der Waals surface area contributed by atoms with Gasteiger partial charge in [0, 0.05) is 5.25 Å². The Bertz CT molecular complexity index is 664. The SMILES string of the molecule is CC(SCC(=O)Nc1cccc(Cl)c1Cl)c1ccc(F)cc1. The molecule has 0 fully saturated rings. The molecule has 2 aromatic rings. The summed E-state index contributed by atoms with van der Waals surface area (Å²) in [6.45, 7) is 1.97. The number of hydrogen-bond acceptors (Lipinski definition) is 2. The topological polar surface area (TPSA) is 29.1 Å². The molecule has 0 aliphatic rings. The first kappa shape index (κ1) is 17.1. The summed E-state index contributed by atoms with van der Waals surface area (Å²) in [5.41, 5.74) is 1.47. The van der Waals surface area contributed by atoms with Crippen molar-refractivity contribution in [2.45, 2.75) is 12.2 Å². The van der Waals surface area contributed by atoms with E-state index >= 15 is 0 Å². The number of hydrogen-bond donors (Lipinski definition) is 1. The average Bonchev–Trinajstić information content (AvgIpc) is 2.50. The Morgan fingerprint density at radius 2 is 1.91 bits per heavy atom. The van der Waals surface area contributed by atoms with Crippen molar-refractivity contribution in [3.63, 3.8) is 0 Å². The van der Waals surface area contributed by atoms with E-state index in [9.17, 15) is 9.18 Å². The molecule has 0 aliphatic carbocycles. The molecule has 0 heterocycles. The Morgan fingerprint density at radius 3 is 2.59 bits per heavy atom. The van der Waals surface area contributed by atoms with Crippen LogP contribution < -0.4 is 5.32 Å². The van der Waals surface area contributed by atoms with Gasteiger partial charge >= 0.3 is 0 Å². The van der Waals surface area contributed by atoms with Gasteiger partial charge in [0.15, 0.2) is 0 Å². The highest BCUT2D eigenvalue weighted by Gasteiger charge is 2.12. The van der Waals surface area contributed by atoms with Crippen molar-refractivity contribution >= 4 is 46.6 Å².